The van der Waals surface area contributed by atoms with Gasteiger partial charge in [-0.2, -0.15) is 4.31 Å². The molecule has 0 unspecified atom stereocenters. The molecule has 25 heavy (non-hydrogen) atoms. The van der Waals surface area contributed by atoms with Crippen LogP contribution in [0.15, 0.2) is 21.8 Å². The predicted octanol–water partition coefficient (Wildman–Crippen LogP) is 0.122. The van der Waals surface area contributed by atoms with Gasteiger partial charge >= 0.3 is 0 Å². The molecule has 0 radical (unpaired) electrons. The molecule has 1 saturated heterocycles. The van der Waals surface area contributed by atoms with E-state index in [2.05, 4.69) is 15.5 Å². The number of sulfonamides is 1. The zero-order valence-corrected chi connectivity index (χ0v) is 15.8. The van der Waals surface area contributed by atoms with Gasteiger partial charge in [0.25, 0.3) is 0 Å². The van der Waals surface area contributed by atoms with Crippen LogP contribution < -0.4 is 5.32 Å². The number of piperazine rings is 1. The first kappa shape index (κ1) is 19.7. The maximum atomic E-state index is 12.4. The van der Waals surface area contributed by atoms with Crippen molar-refractivity contribution in [1.29, 1.82) is 0 Å². The number of hydrogen-bond donors (Lipinski definition) is 1. The summed E-state index contributed by atoms with van der Waals surface area (Å²) in [4.78, 5) is 6.29. The molecule has 2 heterocycles. The Morgan fingerprint density at radius 1 is 1.40 bits per heavy atom. The molecule has 0 spiro atoms. The molecule has 10 heteroatoms. The van der Waals surface area contributed by atoms with Crippen molar-refractivity contribution in [3.05, 3.63) is 18.0 Å². The predicted molar refractivity (Wildman–Crippen MR) is 94.7 cm³/mol. The number of aliphatic imine (C=N–C) groups is 1. The molecule has 2 rings (SSSR count). The third-order valence-corrected chi connectivity index (χ3v) is 5.69. The molecule has 1 N–H and O–H groups in total. The summed E-state index contributed by atoms with van der Waals surface area (Å²) in [5.41, 5.74) is 0.785. The van der Waals surface area contributed by atoms with Gasteiger partial charge in [0.1, 0.15) is 12.0 Å². The molecular formula is C15H27N5O4S. The van der Waals surface area contributed by atoms with E-state index >= 15 is 0 Å². The Labute approximate surface area is 149 Å². The Bertz CT molecular complexity index is 637. The van der Waals surface area contributed by atoms with Crippen molar-refractivity contribution in [2.24, 2.45) is 4.99 Å². The van der Waals surface area contributed by atoms with Crippen LogP contribution >= 0.6 is 0 Å². The van der Waals surface area contributed by atoms with Gasteiger partial charge in [-0.05, 0) is 13.8 Å². The maximum absolute atomic E-state index is 12.4. The fourth-order valence-corrected chi connectivity index (χ4v) is 3.81. The summed E-state index contributed by atoms with van der Waals surface area (Å²) in [5, 5.41) is 7.05. The van der Waals surface area contributed by atoms with Crippen LogP contribution in [0, 0.1) is 0 Å². The SMILES string of the molecule is CN=C(NCc1ccon1)N1CCN(S(=O)(=O)CCOC(C)C)CC1. The van der Waals surface area contributed by atoms with Crippen LogP contribution in [0.2, 0.25) is 0 Å². The molecule has 0 saturated carbocycles. The van der Waals surface area contributed by atoms with Gasteiger partial charge in [-0.3, -0.25) is 4.99 Å². The van der Waals surface area contributed by atoms with Gasteiger partial charge in [-0.1, -0.05) is 5.16 Å². The molecule has 9 nitrogen and oxygen atoms in total. The van der Waals surface area contributed by atoms with Crippen LogP contribution in [-0.4, -0.2) is 80.4 Å². The minimum atomic E-state index is -3.28. The standard InChI is InChI=1S/C15H27N5O4S/c1-13(2)23-10-11-25(21,22)20-7-5-19(6-8-20)15(16-3)17-12-14-4-9-24-18-14/h4,9,13H,5-8,10-12H2,1-3H3,(H,16,17). The lowest BCUT2D eigenvalue weighted by Crippen LogP contribution is -2.54. The number of nitrogens with zero attached hydrogens (tertiary/aromatic N) is 4. The lowest BCUT2D eigenvalue weighted by molar-refractivity contribution is 0.0904. The zero-order valence-electron chi connectivity index (χ0n) is 15.0. The van der Waals surface area contributed by atoms with Gasteiger partial charge in [-0.15, -0.1) is 0 Å². The molecule has 0 aliphatic carbocycles. The topological polar surface area (TPSA) is 100 Å². The molecule has 142 valence electrons. The minimum Gasteiger partial charge on any atom is -0.378 e. The molecule has 0 aromatic carbocycles. The number of nitrogens with one attached hydrogen (secondary N) is 1. The van der Waals surface area contributed by atoms with Gasteiger partial charge in [0, 0.05) is 39.3 Å². The minimum absolute atomic E-state index is 0.0182. The third-order valence-electron chi connectivity index (χ3n) is 3.85. The van der Waals surface area contributed by atoms with Gasteiger partial charge in [0.15, 0.2) is 5.96 Å². The first-order valence-corrected chi connectivity index (χ1v) is 9.97. The number of guanidine groups is 1. The molecule has 0 bridgehead atoms. The van der Waals surface area contributed by atoms with E-state index in [1.54, 1.807) is 13.1 Å². The summed E-state index contributed by atoms with van der Waals surface area (Å²) in [7, 11) is -1.58. The summed E-state index contributed by atoms with van der Waals surface area (Å²) in [6, 6.07) is 1.78. The van der Waals surface area contributed by atoms with Gasteiger partial charge in [0.2, 0.25) is 10.0 Å². The summed E-state index contributed by atoms with van der Waals surface area (Å²) in [6.45, 7) is 6.57. The van der Waals surface area contributed by atoms with Crippen molar-refractivity contribution in [1.82, 2.24) is 19.7 Å². The largest absolute Gasteiger partial charge is 0.378 e. The fourth-order valence-electron chi connectivity index (χ4n) is 2.53. The first-order chi connectivity index (χ1) is 11.9. The second kappa shape index (κ2) is 9.16. The van der Waals surface area contributed by atoms with E-state index < -0.39 is 10.0 Å². The summed E-state index contributed by atoms with van der Waals surface area (Å²) >= 11 is 0. The van der Waals surface area contributed by atoms with Crippen LogP contribution in [0.5, 0.6) is 0 Å². The molecule has 1 aliphatic rings. The molecule has 1 fully saturated rings. The fraction of sp³-hybridized carbons (Fsp3) is 0.733. The summed E-state index contributed by atoms with van der Waals surface area (Å²) in [6.07, 6.45) is 1.55. The lowest BCUT2D eigenvalue weighted by Gasteiger charge is -2.35. The average molecular weight is 373 g/mol. The highest BCUT2D eigenvalue weighted by molar-refractivity contribution is 7.89. The van der Waals surface area contributed by atoms with E-state index in [4.69, 9.17) is 9.26 Å². The Balaban J connectivity index is 1.81. The van der Waals surface area contributed by atoms with E-state index in [1.807, 2.05) is 18.7 Å². The Morgan fingerprint density at radius 2 is 2.12 bits per heavy atom. The molecular weight excluding hydrogens is 346 g/mol. The number of hydrogen-bond acceptors (Lipinski definition) is 6. The lowest BCUT2D eigenvalue weighted by atomic mass is 10.4. The Morgan fingerprint density at radius 3 is 2.68 bits per heavy atom. The molecule has 0 amide bonds. The van der Waals surface area contributed by atoms with Gasteiger partial charge in [-0.25, -0.2) is 8.42 Å². The monoisotopic (exact) mass is 373 g/mol. The van der Waals surface area contributed by atoms with Crippen molar-refractivity contribution in [3.63, 3.8) is 0 Å². The zero-order chi connectivity index (χ0) is 18.3. The van der Waals surface area contributed by atoms with Crippen molar-refractivity contribution < 1.29 is 17.7 Å². The smallest absolute Gasteiger partial charge is 0.216 e. The highest BCUT2D eigenvalue weighted by Crippen LogP contribution is 2.09. The van der Waals surface area contributed by atoms with Crippen molar-refractivity contribution >= 4 is 16.0 Å². The Hall–Kier alpha value is -1.65. The van der Waals surface area contributed by atoms with Crippen LogP contribution in [0.25, 0.3) is 0 Å². The van der Waals surface area contributed by atoms with Crippen LogP contribution in [0.3, 0.4) is 0 Å². The maximum Gasteiger partial charge on any atom is 0.216 e. The third kappa shape index (κ3) is 5.98. The van der Waals surface area contributed by atoms with E-state index in [-0.39, 0.29) is 18.5 Å². The highest BCUT2D eigenvalue weighted by Gasteiger charge is 2.28. The second-order valence-corrected chi connectivity index (χ2v) is 8.10. The van der Waals surface area contributed by atoms with Crippen LogP contribution in [0.1, 0.15) is 19.5 Å². The van der Waals surface area contributed by atoms with Crippen LogP contribution in [-0.2, 0) is 21.3 Å². The van der Waals surface area contributed by atoms with E-state index in [0.717, 1.165) is 11.7 Å². The second-order valence-electron chi connectivity index (χ2n) is 6.01. The van der Waals surface area contributed by atoms with E-state index in [0.29, 0.717) is 32.7 Å². The molecule has 1 aliphatic heterocycles. The van der Waals surface area contributed by atoms with E-state index in [9.17, 15) is 8.42 Å². The number of rotatable bonds is 7. The highest BCUT2D eigenvalue weighted by atomic mass is 32.2. The van der Waals surface area contributed by atoms with Gasteiger partial charge in [0.05, 0.1) is 25.0 Å². The van der Waals surface area contributed by atoms with E-state index in [1.165, 1.54) is 10.6 Å². The van der Waals surface area contributed by atoms with Crippen molar-refractivity contribution in [3.8, 4) is 0 Å². The average Bonchev–Trinajstić information content (AvgIpc) is 3.09. The summed E-state index contributed by atoms with van der Waals surface area (Å²) < 4.78 is 36.4. The normalized spacial score (nSPS) is 17.3. The summed E-state index contributed by atoms with van der Waals surface area (Å²) in [5.74, 6) is 0.743. The van der Waals surface area contributed by atoms with Crippen LogP contribution in [0.4, 0.5) is 0 Å². The molecule has 1 aromatic heterocycles. The first-order valence-electron chi connectivity index (χ1n) is 8.36. The van der Waals surface area contributed by atoms with Gasteiger partial charge < -0.3 is 19.5 Å². The molecule has 0 atom stereocenters. The van der Waals surface area contributed by atoms with Crippen molar-refractivity contribution in [2.75, 3.05) is 45.6 Å². The number of ether oxygens (including phenoxy) is 1. The number of aromatic nitrogens is 1. The quantitative estimate of drug-likeness (QED) is 0.535. The van der Waals surface area contributed by atoms with Crippen molar-refractivity contribution in [2.45, 2.75) is 26.5 Å². The molecule has 1 aromatic rings. The Kier molecular flexibility index (Phi) is 7.21.